The maximum Gasteiger partial charge on any atom is 0.163 e. The van der Waals surface area contributed by atoms with E-state index in [0.29, 0.717) is 5.69 Å². The van der Waals surface area contributed by atoms with Crippen molar-refractivity contribution in [1.82, 2.24) is 9.78 Å². The van der Waals surface area contributed by atoms with Crippen LogP contribution in [0.4, 0.5) is 5.69 Å². The van der Waals surface area contributed by atoms with E-state index < -0.39 is 0 Å². The highest BCUT2D eigenvalue weighted by atomic mass is 16.5. The molecular weight excluding hydrogens is 300 g/mol. The van der Waals surface area contributed by atoms with Crippen LogP contribution in [0.25, 0.3) is 16.9 Å². The molecule has 0 N–H and O–H groups in total. The third-order valence-corrected chi connectivity index (χ3v) is 3.80. The Morgan fingerprint density at radius 3 is 2.46 bits per heavy atom. The third-order valence-electron chi connectivity index (χ3n) is 3.80. The van der Waals surface area contributed by atoms with Gasteiger partial charge in [0.1, 0.15) is 11.8 Å². The van der Waals surface area contributed by atoms with Gasteiger partial charge in [0.2, 0.25) is 0 Å². The van der Waals surface area contributed by atoms with Crippen LogP contribution in [0.1, 0.15) is 5.69 Å². The summed E-state index contributed by atoms with van der Waals surface area (Å²) in [6.07, 6.45) is 0. The molecule has 0 aliphatic rings. The molecule has 3 aromatic rings. The van der Waals surface area contributed by atoms with Crippen LogP contribution in [0.3, 0.4) is 0 Å². The predicted octanol–water partition coefficient (Wildman–Crippen LogP) is 3.49. The van der Waals surface area contributed by atoms with E-state index >= 15 is 0 Å². The number of nitrogens with zero attached hydrogens (tertiary/aromatic N) is 4. The minimum Gasteiger partial charge on any atom is -0.497 e. The number of methoxy groups -OCH3 is 1. The molecule has 0 atom stereocenters. The quantitative estimate of drug-likeness (QED) is 0.739. The fraction of sp³-hybridized carbons (Fsp3) is 0.158. The highest BCUT2D eigenvalue weighted by molar-refractivity contribution is 5.66. The molecule has 120 valence electrons. The molecule has 2 aromatic carbocycles. The molecular formula is C19H18N4O. The van der Waals surface area contributed by atoms with Crippen molar-refractivity contribution in [2.45, 2.75) is 0 Å². The first-order valence-corrected chi connectivity index (χ1v) is 7.54. The Balaban J connectivity index is 2.11. The van der Waals surface area contributed by atoms with Crippen molar-refractivity contribution < 1.29 is 4.74 Å². The van der Waals surface area contributed by atoms with Crippen molar-refractivity contribution in [3.63, 3.8) is 0 Å². The molecule has 0 saturated carbocycles. The SMILES string of the molecule is COc1cccc(-n2nc(C#N)cc2-c2ccc(N(C)C)cc2)c1. The number of nitriles is 1. The Kier molecular flexibility index (Phi) is 4.21. The van der Waals surface area contributed by atoms with Crippen LogP contribution in [0, 0.1) is 11.3 Å². The van der Waals surface area contributed by atoms with E-state index in [4.69, 9.17) is 4.74 Å². The van der Waals surface area contributed by atoms with Gasteiger partial charge in [-0.15, -0.1) is 0 Å². The molecule has 0 aliphatic heterocycles. The predicted molar refractivity (Wildman–Crippen MR) is 94.6 cm³/mol. The Morgan fingerprint density at radius 1 is 1.08 bits per heavy atom. The Morgan fingerprint density at radius 2 is 1.83 bits per heavy atom. The van der Waals surface area contributed by atoms with Gasteiger partial charge in [0, 0.05) is 37.5 Å². The molecule has 24 heavy (non-hydrogen) atoms. The highest BCUT2D eigenvalue weighted by Gasteiger charge is 2.12. The smallest absolute Gasteiger partial charge is 0.163 e. The molecule has 0 bridgehead atoms. The van der Waals surface area contributed by atoms with Crippen LogP contribution in [-0.4, -0.2) is 31.0 Å². The third kappa shape index (κ3) is 2.95. The number of hydrogen-bond donors (Lipinski definition) is 0. The maximum atomic E-state index is 9.23. The van der Waals surface area contributed by atoms with Gasteiger partial charge in [0.05, 0.1) is 18.5 Å². The molecule has 0 radical (unpaired) electrons. The summed E-state index contributed by atoms with van der Waals surface area (Å²) in [6, 6.07) is 19.7. The largest absolute Gasteiger partial charge is 0.497 e. The number of rotatable bonds is 4. The molecule has 1 heterocycles. The van der Waals surface area contributed by atoms with Crippen molar-refractivity contribution >= 4 is 5.69 Å². The summed E-state index contributed by atoms with van der Waals surface area (Å²) in [5.74, 6) is 0.746. The van der Waals surface area contributed by atoms with E-state index in [1.807, 2.05) is 67.5 Å². The molecule has 0 fully saturated rings. The summed E-state index contributed by atoms with van der Waals surface area (Å²) in [5, 5.41) is 13.6. The van der Waals surface area contributed by atoms with Crippen LogP contribution in [0.5, 0.6) is 5.75 Å². The lowest BCUT2D eigenvalue weighted by molar-refractivity contribution is 0.414. The lowest BCUT2D eigenvalue weighted by atomic mass is 10.1. The number of ether oxygens (including phenoxy) is 1. The average molecular weight is 318 g/mol. The maximum absolute atomic E-state index is 9.23. The second kappa shape index (κ2) is 6.47. The van der Waals surface area contributed by atoms with Crippen LogP contribution >= 0.6 is 0 Å². The van der Waals surface area contributed by atoms with Gasteiger partial charge >= 0.3 is 0 Å². The Bertz CT molecular complexity index is 888. The van der Waals surface area contributed by atoms with Gasteiger partial charge in [-0.05, 0) is 24.3 Å². The van der Waals surface area contributed by atoms with Crippen molar-refractivity contribution in [2.24, 2.45) is 0 Å². The molecule has 5 heteroatoms. The number of benzene rings is 2. The Labute approximate surface area is 141 Å². The van der Waals surface area contributed by atoms with Gasteiger partial charge in [0.25, 0.3) is 0 Å². The summed E-state index contributed by atoms with van der Waals surface area (Å²) in [6.45, 7) is 0. The zero-order chi connectivity index (χ0) is 17.1. The van der Waals surface area contributed by atoms with Gasteiger partial charge in [-0.2, -0.15) is 10.4 Å². The first-order chi connectivity index (χ1) is 11.6. The van der Waals surface area contributed by atoms with E-state index in [1.54, 1.807) is 17.9 Å². The van der Waals surface area contributed by atoms with E-state index in [0.717, 1.165) is 28.4 Å². The number of aromatic nitrogens is 2. The van der Waals surface area contributed by atoms with E-state index in [1.165, 1.54) is 0 Å². The monoisotopic (exact) mass is 318 g/mol. The molecule has 5 nitrogen and oxygen atoms in total. The fourth-order valence-electron chi connectivity index (χ4n) is 2.51. The molecule has 3 rings (SSSR count). The molecule has 0 spiro atoms. The zero-order valence-electron chi connectivity index (χ0n) is 13.9. The number of hydrogen-bond acceptors (Lipinski definition) is 4. The van der Waals surface area contributed by atoms with Gasteiger partial charge < -0.3 is 9.64 Å². The first kappa shape index (κ1) is 15.6. The zero-order valence-corrected chi connectivity index (χ0v) is 13.9. The van der Waals surface area contributed by atoms with E-state index in [9.17, 15) is 5.26 Å². The van der Waals surface area contributed by atoms with Crippen LogP contribution in [0.15, 0.2) is 54.6 Å². The standard InChI is InChI=1S/C19H18N4O/c1-22(2)16-9-7-14(8-10-16)19-11-15(13-20)21-23(19)17-5-4-6-18(12-17)24-3/h4-12H,1-3H3. The van der Waals surface area contributed by atoms with E-state index in [2.05, 4.69) is 11.2 Å². The van der Waals surface area contributed by atoms with Crippen molar-refractivity contribution in [1.29, 1.82) is 5.26 Å². The summed E-state index contributed by atoms with van der Waals surface area (Å²) < 4.78 is 7.06. The minimum atomic E-state index is 0.379. The van der Waals surface area contributed by atoms with Crippen molar-refractivity contribution in [2.75, 3.05) is 26.1 Å². The summed E-state index contributed by atoms with van der Waals surface area (Å²) in [7, 11) is 5.64. The summed E-state index contributed by atoms with van der Waals surface area (Å²) in [4.78, 5) is 2.05. The van der Waals surface area contributed by atoms with Crippen LogP contribution in [0.2, 0.25) is 0 Å². The summed E-state index contributed by atoms with van der Waals surface area (Å²) >= 11 is 0. The van der Waals surface area contributed by atoms with Gasteiger partial charge in [-0.3, -0.25) is 0 Å². The average Bonchev–Trinajstić information content (AvgIpc) is 3.06. The molecule has 0 saturated heterocycles. The van der Waals surface area contributed by atoms with Crippen molar-refractivity contribution in [3.05, 3.63) is 60.3 Å². The van der Waals surface area contributed by atoms with Gasteiger partial charge in [0.15, 0.2) is 5.69 Å². The topological polar surface area (TPSA) is 54.1 Å². The highest BCUT2D eigenvalue weighted by Crippen LogP contribution is 2.27. The molecule has 0 amide bonds. The molecule has 0 aliphatic carbocycles. The van der Waals surface area contributed by atoms with Crippen LogP contribution in [-0.2, 0) is 0 Å². The second-order valence-electron chi connectivity index (χ2n) is 5.58. The lowest BCUT2D eigenvalue weighted by Gasteiger charge is -2.13. The fourth-order valence-corrected chi connectivity index (χ4v) is 2.51. The van der Waals surface area contributed by atoms with Gasteiger partial charge in [-0.25, -0.2) is 4.68 Å². The molecule has 1 aromatic heterocycles. The van der Waals surface area contributed by atoms with E-state index in [-0.39, 0.29) is 0 Å². The van der Waals surface area contributed by atoms with Crippen molar-refractivity contribution in [3.8, 4) is 28.8 Å². The second-order valence-corrected chi connectivity index (χ2v) is 5.58. The van der Waals surface area contributed by atoms with Gasteiger partial charge in [-0.1, -0.05) is 18.2 Å². The lowest BCUT2D eigenvalue weighted by Crippen LogP contribution is -2.08. The summed E-state index contributed by atoms with van der Waals surface area (Å²) in [5.41, 5.74) is 4.21. The first-order valence-electron chi connectivity index (χ1n) is 7.54. The normalized spacial score (nSPS) is 10.2. The van der Waals surface area contributed by atoms with Crippen LogP contribution < -0.4 is 9.64 Å². The molecule has 0 unspecified atom stereocenters. The number of anilines is 1. The Hall–Kier alpha value is -3.26. The minimum absolute atomic E-state index is 0.379.